The molecule has 33 heavy (non-hydrogen) atoms. The van der Waals surface area contributed by atoms with Crippen LogP contribution in [0.4, 0.5) is 10.1 Å². The molecular formula is C23H29FN4O4S. The van der Waals surface area contributed by atoms with Crippen LogP contribution in [0.1, 0.15) is 60.1 Å². The van der Waals surface area contributed by atoms with Crippen molar-refractivity contribution < 1.29 is 23.2 Å². The number of ether oxygens (including phenoxy) is 1. The van der Waals surface area contributed by atoms with Gasteiger partial charge in [0.2, 0.25) is 0 Å². The fraction of sp³-hybridized carbons (Fsp3) is 0.478. The lowest BCUT2D eigenvalue weighted by Gasteiger charge is -2.27. The maximum Gasteiger partial charge on any atom is 0.286 e. The van der Waals surface area contributed by atoms with Crippen LogP contribution in [-0.2, 0) is 9.73 Å². The van der Waals surface area contributed by atoms with Gasteiger partial charge in [0.25, 0.3) is 5.91 Å². The molecule has 0 spiro atoms. The molecule has 1 amide bonds. The number of H-pyrrole nitrogens is 1. The van der Waals surface area contributed by atoms with Gasteiger partial charge < -0.3 is 20.1 Å². The minimum atomic E-state index is -2.48. The quantitative estimate of drug-likeness (QED) is 0.383. The zero-order valence-corrected chi connectivity index (χ0v) is 19.3. The smallest absolute Gasteiger partial charge is 0.286 e. The van der Waals surface area contributed by atoms with E-state index in [1.165, 1.54) is 24.4 Å². The lowest BCUT2D eigenvalue weighted by atomic mass is 9.95. The van der Waals surface area contributed by atoms with Crippen molar-refractivity contribution in [2.24, 2.45) is 4.36 Å². The molecule has 1 aliphatic heterocycles. The fourth-order valence-corrected chi connectivity index (χ4v) is 6.36. The fourth-order valence-electron chi connectivity index (χ4n) is 4.26. The van der Waals surface area contributed by atoms with E-state index >= 15 is 0 Å². The number of amidine groups is 1. The highest BCUT2D eigenvalue weighted by molar-refractivity contribution is 7.94. The van der Waals surface area contributed by atoms with Crippen LogP contribution < -0.4 is 10.1 Å². The molecule has 2 fully saturated rings. The maximum absolute atomic E-state index is 13.9. The molecule has 178 valence electrons. The van der Waals surface area contributed by atoms with E-state index in [9.17, 15) is 18.5 Å². The van der Waals surface area contributed by atoms with Crippen molar-refractivity contribution in [3.8, 4) is 5.75 Å². The summed E-state index contributed by atoms with van der Waals surface area (Å²) in [6, 6.07) is 4.05. The maximum atomic E-state index is 13.9. The van der Waals surface area contributed by atoms with Crippen molar-refractivity contribution in [1.29, 1.82) is 5.41 Å². The van der Waals surface area contributed by atoms with Gasteiger partial charge in [-0.2, -0.15) is 4.36 Å². The Labute approximate surface area is 192 Å². The second kappa shape index (κ2) is 9.64. The molecule has 10 heteroatoms. The molecule has 2 aliphatic rings. The van der Waals surface area contributed by atoms with Gasteiger partial charge in [0.15, 0.2) is 0 Å². The number of hydrogen-bond acceptors (Lipinski definition) is 5. The molecule has 0 bridgehead atoms. The molecule has 8 nitrogen and oxygen atoms in total. The van der Waals surface area contributed by atoms with Crippen molar-refractivity contribution >= 4 is 27.2 Å². The zero-order valence-electron chi connectivity index (χ0n) is 18.5. The van der Waals surface area contributed by atoms with Crippen molar-refractivity contribution in [2.75, 3.05) is 16.8 Å². The highest BCUT2D eigenvalue weighted by Crippen LogP contribution is 2.31. The number of rotatable bonds is 5. The van der Waals surface area contributed by atoms with E-state index in [1.54, 1.807) is 6.92 Å². The first kappa shape index (κ1) is 23.4. The molecule has 1 aromatic carbocycles. The topological polar surface area (TPSA) is 128 Å². The minimum absolute atomic E-state index is 0.0212. The third kappa shape index (κ3) is 5.44. The summed E-state index contributed by atoms with van der Waals surface area (Å²) in [6.07, 6.45) is 5.24. The minimum Gasteiger partial charge on any atom is -0.488 e. The predicted molar refractivity (Wildman–Crippen MR) is 125 cm³/mol. The number of nitrogens with zero attached hydrogens (tertiary/aromatic N) is 1. The van der Waals surface area contributed by atoms with Crippen molar-refractivity contribution in [3.63, 3.8) is 0 Å². The number of halogens is 1. The Balaban J connectivity index is 1.51. The van der Waals surface area contributed by atoms with E-state index in [0.29, 0.717) is 54.1 Å². The molecule has 4 N–H and O–H groups in total. The number of benzene rings is 1. The summed E-state index contributed by atoms with van der Waals surface area (Å²) in [5.41, 5.74) is 1.61. The van der Waals surface area contributed by atoms with Crippen molar-refractivity contribution in [3.05, 3.63) is 47.0 Å². The van der Waals surface area contributed by atoms with Gasteiger partial charge in [0.05, 0.1) is 38.9 Å². The van der Waals surface area contributed by atoms with Gasteiger partial charge in [-0.1, -0.05) is 0 Å². The molecule has 1 saturated heterocycles. The monoisotopic (exact) mass is 476 g/mol. The largest absolute Gasteiger partial charge is 0.488 e. The SMILES string of the molecule is Cc1c(C(=O)N=S2(=O)CCCC2)c[nH]c1C(=N)Nc1ccc(F)cc1O[C@H]1CC[C@H](O)CC1. The highest BCUT2D eigenvalue weighted by Gasteiger charge is 2.24. The molecule has 4 rings (SSSR count). The first-order chi connectivity index (χ1) is 15.7. The Hall–Kier alpha value is -2.72. The number of nitrogens with one attached hydrogen (secondary N) is 3. The van der Waals surface area contributed by atoms with Crippen LogP contribution in [-0.4, -0.2) is 49.8 Å². The van der Waals surface area contributed by atoms with Crippen LogP contribution >= 0.6 is 0 Å². The molecule has 1 aliphatic carbocycles. The highest BCUT2D eigenvalue weighted by atomic mass is 32.2. The van der Waals surface area contributed by atoms with Crippen LogP contribution in [0, 0.1) is 18.2 Å². The Kier molecular flexibility index (Phi) is 6.85. The van der Waals surface area contributed by atoms with Gasteiger partial charge in [0.1, 0.15) is 17.4 Å². The van der Waals surface area contributed by atoms with Crippen LogP contribution in [0.25, 0.3) is 0 Å². The van der Waals surface area contributed by atoms with Crippen LogP contribution in [0.3, 0.4) is 0 Å². The van der Waals surface area contributed by atoms with E-state index in [0.717, 1.165) is 12.8 Å². The van der Waals surface area contributed by atoms with Crippen molar-refractivity contribution in [2.45, 2.75) is 57.7 Å². The first-order valence-electron chi connectivity index (χ1n) is 11.2. The average molecular weight is 477 g/mol. The zero-order chi connectivity index (χ0) is 23.6. The number of anilines is 1. The molecular weight excluding hydrogens is 447 g/mol. The third-order valence-electron chi connectivity index (χ3n) is 6.19. The lowest BCUT2D eigenvalue weighted by Crippen LogP contribution is -2.27. The number of aromatic amines is 1. The van der Waals surface area contributed by atoms with Crippen LogP contribution in [0.2, 0.25) is 0 Å². The summed E-state index contributed by atoms with van der Waals surface area (Å²) in [5.74, 6) is 0.158. The summed E-state index contributed by atoms with van der Waals surface area (Å²) < 4.78 is 36.5. The molecule has 1 saturated carbocycles. The molecule has 0 unspecified atom stereocenters. The Morgan fingerprint density at radius 1 is 1.27 bits per heavy atom. The van der Waals surface area contributed by atoms with Gasteiger partial charge in [-0.3, -0.25) is 10.2 Å². The van der Waals surface area contributed by atoms with Crippen molar-refractivity contribution in [1.82, 2.24) is 4.98 Å². The molecule has 1 aromatic heterocycles. The van der Waals surface area contributed by atoms with E-state index in [4.69, 9.17) is 10.1 Å². The summed E-state index contributed by atoms with van der Waals surface area (Å²) in [5, 5.41) is 21.1. The van der Waals surface area contributed by atoms with Gasteiger partial charge in [0, 0.05) is 23.8 Å². The number of carbonyl (C=O) groups excluding carboxylic acids is 1. The molecule has 0 radical (unpaired) electrons. The van der Waals surface area contributed by atoms with E-state index in [1.807, 2.05) is 0 Å². The summed E-state index contributed by atoms with van der Waals surface area (Å²) in [7, 11) is -2.48. The predicted octanol–water partition coefficient (Wildman–Crippen LogP) is 3.98. The van der Waals surface area contributed by atoms with E-state index < -0.39 is 21.5 Å². The summed E-state index contributed by atoms with van der Waals surface area (Å²) in [4.78, 5) is 15.5. The summed E-state index contributed by atoms with van der Waals surface area (Å²) in [6.45, 7) is 1.70. The normalized spacial score (nSPS) is 22.0. The molecule has 2 heterocycles. The second-order valence-electron chi connectivity index (χ2n) is 8.68. The number of aliphatic hydroxyl groups is 1. The number of aliphatic hydroxyl groups excluding tert-OH is 1. The second-order valence-corrected chi connectivity index (χ2v) is 11.2. The van der Waals surface area contributed by atoms with Gasteiger partial charge in [-0.25, -0.2) is 8.60 Å². The lowest BCUT2D eigenvalue weighted by molar-refractivity contribution is 0.0668. The first-order valence-corrected chi connectivity index (χ1v) is 13.0. The summed E-state index contributed by atoms with van der Waals surface area (Å²) >= 11 is 0. The van der Waals surface area contributed by atoms with Gasteiger partial charge in [-0.15, -0.1) is 0 Å². The Morgan fingerprint density at radius 3 is 2.67 bits per heavy atom. The van der Waals surface area contributed by atoms with Crippen LogP contribution in [0.5, 0.6) is 5.75 Å². The van der Waals surface area contributed by atoms with Gasteiger partial charge >= 0.3 is 0 Å². The van der Waals surface area contributed by atoms with E-state index in [-0.39, 0.29) is 29.4 Å². The van der Waals surface area contributed by atoms with E-state index in [2.05, 4.69) is 14.7 Å². The standard InChI is InChI=1S/C23H29FN4O4S/c1-14-18(23(30)28-33(31)10-2-3-11-33)13-26-21(14)22(25)27-19-9-4-15(24)12-20(19)32-17-7-5-16(29)6-8-17/h4,9,12-13,16-17,26,29H,2-3,5-8,10-11H2,1H3,(H2,25,27)/t16-,17-. The number of hydrogen-bond donors (Lipinski definition) is 4. The molecule has 2 aromatic rings. The Morgan fingerprint density at radius 2 is 1.97 bits per heavy atom. The van der Waals surface area contributed by atoms with Crippen LogP contribution in [0.15, 0.2) is 28.8 Å². The number of aromatic nitrogens is 1. The number of amides is 1. The number of carbonyl (C=O) groups is 1. The average Bonchev–Trinajstić information content (AvgIpc) is 3.37. The third-order valence-corrected chi connectivity index (χ3v) is 8.54. The Bertz CT molecular complexity index is 1170. The van der Waals surface area contributed by atoms with Gasteiger partial charge in [-0.05, 0) is 63.1 Å². The molecule has 0 atom stereocenters.